The van der Waals surface area contributed by atoms with Crippen LogP contribution in [0.25, 0.3) is 0 Å². The van der Waals surface area contributed by atoms with Crippen molar-refractivity contribution in [2.75, 3.05) is 25.4 Å². The van der Waals surface area contributed by atoms with Crippen LogP contribution in [-0.2, 0) is 4.74 Å². The van der Waals surface area contributed by atoms with Gasteiger partial charge in [0.15, 0.2) is 5.78 Å². The first-order chi connectivity index (χ1) is 13.4. The smallest absolute Gasteiger partial charge is 0.173 e. The highest BCUT2D eigenvalue weighted by atomic mass is 32.2. The number of hydrogen-bond donors (Lipinski definition) is 1. The Kier molecular flexibility index (Phi) is 7.05. The van der Waals surface area contributed by atoms with E-state index in [-0.39, 0.29) is 11.9 Å². The van der Waals surface area contributed by atoms with Crippen LogP contribution in [0.5, 0.6) is 0 Å². The summed E-state index contributed by atoms with van der Waals surface area (Å²) in [5.41, 5.74) is 6.17. The minimum atomic E-state index is 0.00382. The third-order valence-corrected chi connectivity index (χ3v) is 6.02. The van der Waals surface area contributed by atoms with Gasteiger partial charge in [0.05, 0.1) is 18.0 Å². The van der Waals surface area contributed by atoms with E-state index in [1.165, 1.54) is 11.1 Å². The monoisotopic (exact) mass is 396 g/mol. The molecular weight excluding hydrogens is 368 g/mol. The molecule has 0 radical (unpaired) electrons. The maximum Gasteiger partial charge on any atom is 0.173 e. The van der Waals surface area contributed by atoms with Crippen LogP contribution in [0.2, 0.25) is 0 Å². The van der Waals surface area contributed by atoms with Gasteiger partial charge < -0.3 is 10.1 Å². The zero-order chi connectivity index (χ0) is 20.1. The molecule has 4 nitrogen and oxygen atoms in total. The molecule has 0 amide bonds. The number of rotatable bonds is 6. The fourth-order valence-electron chi connectivity index (χ4n) is 3.12. The molecule has 0 bridgehead atoms. The second-order valence-electron chi connectivity index (χ2n) is 7.30. The molecule has 0 aromatic heterocycles. The Bertz CT molecular complexity index is 886. The van der Waals surface area contributed by atoms with E-state index in [2.05, 4.69) is 42.4 Å². The van der Waals surface area contributed by atoms with E-state index >= 15 is 0 Å². The Morgan fingerprint density at radius 3 is 2.68 bits per heavy atom. The SMILES string of the molecule is Cc1ccc(SCC(=O)c2cc(C)c(N=CC3CNCCO3)cc2C)cc1C. The highest BCUT2D eigenvalue weighted by Crippen LogP contribution is 2.26. The minimum Gasteiger partial charge on any atom is -0.370 e. The lowest BCUT2D eigenvalue weighted by Gasteiger charge is -2.20. The topological polar surface area (TPSA) is 50.7 Å². The number of morpholine rings is 1. The molecule has 0 saturated carbocycles. The van der Waals surface area contributed by atoms with E-state index in [9.17, 15) is 4.79 Å². The molecule has 1 atom stereocenters. The van der Waals surface area contributed by atoms with Crippen molar-refractivity contribution in [3.05, 3.63) is 58.1 Å². The number of Topliss-reactive ketones (excluding diaryl/α,β-unsaturated/α-hetero) is 1. The molecule has 1 fully saturated rings. The second kappa shape index (κ2) is 9.50. The molecule has 28 heavy (non-hydrogen) atoms. The van der Waals surface area contributed by atoms with E-state index < -0.39 is 0 Å². The van der Waals surface area contributed by atoms with Crippen molar-refractivity contribution < 1.29 is 9.53 Å². The summed E-state index contributed by atoms with van der Waals surface area (Å²) >= 11 is 1.59. The molecule has 148 valence electrons. The highest BCUT2D eigenvalue weighted by Gasteiger charge is 2.14. The Labute approximate surface area is 171 Å². The van der Waals surface area contributed by atoms with Crippen molar-refractivity contribution in [3.63, 3.8) is 0 Å². The van der Waals surface area contributed by atoms with Gasteiger partial charge in [-0.15, -0.1) is 11.8 Å². The fourth-order valence-corrected chi connectivity index (χ4v) is 3.99. The van der Waals surface area contributed by atoms with Crippen molar-refractivity contribution in [1.29, 1.82) is 0 Å². The Balaban J connectivity index is 1.67. The van der Waals surface area contributed by atoms with Crippen molar-refractivity contribution in [2.45, 2.75) is 38.7 Å². The summed E-state index contributed by atoms with van der Waals surface area (Å²) in [6.45, 7) is 10.6. The first-order valence-electron chi connectivity index (χ1n) is 9.65. The van der Waals surface area contributed by atoms with Crippen molar-refractivity contribution in [2.24, 2.45) is 4.99 Å². The molecule has 1 heterocycles. The van der Waals surface area contributed by atoms with Gasteiger partial charge in [-0.2, -0.15) is 0 Å². The molecule has 1 saturated heterocycles. The standard InChI is InChI=1S/C23H28N2O2S/c1-15-5-6-20(9-16(15)2)28-14-23(26)21-10-18(4)22(11-17(21)3)25-13-19-12-24-7-8-27-19/h5-6,9-11,13,19,24H,7-8,12,14H2,1-4H3. The second-order valence-corrected chi connectivity index (χ2v) is 8.35. The summed E-state index contributed by atoms with van der Waals surface area (Å²) in [6, 6.07) is 10.3. The molecule has 2 aromatic rings. The number of aryl methyl sites for hydroxylation is 4. The third kappa shape index (κ3) is 5.31. The van der Waals surface area contributed by atoms with Crippen molar-refractivity contribution in [1.82, 2.24) is 5.32 Å². The number of benzene rings is 2. The van der Waals surface area contributed by atoms with Crippen LogP contribution in [-0.4, -0.2) is 43.6 Å². The van der Waals surface area contributed by atoms with Crippen LogP contribution < -0.4 is 5.32 Å². The molecule has 3 rings (SSSR count). The summed E-state index contributed by atoms with van der Waals surface area (Å²) in [7, 11) is 0. The molecule has 1 aliphatic heterocycles. The predicted molar refractivity (Wildman–Crippen MR) is 118 cm³/mol. The summed E-state index contributed by atoms with van der Waals surface area (Å²) < 4.78 is 5.65. The number of nitrogens with zero attached hydrogens (tertiary/aromatic N) is 1. The lowest BCUT2D eigenvalue weighted by molar-refractivity contribution is 0.0741. The zero-order valence-corrected chi connectivity index (χ0v) is 17.9. The lowest BCUT2D eigenvalue weighted by Crippen LogP contribution is -2.39. The number of carbonyl (C=O) groups is 1. The average Bonchev–Trinajstić information content (AvgIpc) is 2.69. The van der Waals surface area contributed by atoms with Crippen LogP contribution in [0.4, 0.5) is 5.69 Å². The largest absolute Gasteiger partial charge is 0.370 e. The Hall–Kier alpha value is -1.95. The van der Waals surface area contributed by atoms with Crippen LogP contribution in [0, 0.1) is 27.7 Å². The van der Waals surface area contributed by atoms with Crippen molar-refractivity contribution >= 4 is 29.4 Å². The number of hydrogen-bond acceptors (Lipinski definition) is 5. The first kappa shape index (κ1) is 20.8. The van der Waals surface area contributed by atoms with E-state index in [4.69, 9.17) is 4.74 Å². The van der Waals surface area contributed by atoms with Gasteiger partial charge in [-0.05, 0) is 74.2 Å². The van der Waals surface area contributed by atoms with Gasteiger partial charge >= 0.3 is 0 Å². The fraction of sp³-hybridized carbons (Fsp3) is 0.391. The van der Waals surface area contributed by atoms with Gasteiger partial charge in [-0.3, -0.25) is 9.79 Å². The number of ether oxygens (including phenoxy) is 1. The number of carbonyl (C=O) groups excluding carboxylic acids is 1. The van der Waals surface area contributed by atoms with Crippen LogP contribution in [0.1, 0.15) is 32.6 Å². The summed E-state index contributed by atoms with van der Waals surface area (Å²) in [6.07, 6.45) is 1.86. The molecule has 1 aliphatic rings. The average molecular weight is 397 g/mol. The molecule has 1 N–H and O–H groups in total. The lowest BCUT2D eigenvalue weighted by atomic mass is 10.0. The van der Waals surface area contributed by atoms with Crippen LogP contribution in [0.3, 0.4) is 0 Å². The van der Waals surface area contributed by atoms with Crippen LogP contribution >= 0.6 is 11.8 Å². The predicted octanol–water partition coefficient (Wildman–Crippen LogP) is 4.59. The van der Waals surface area contributed by atoms with Crippen LogP contribution in [0.15, 0.2) is 40.2 Å². The molecule has 2 aromatic carbocycles. The molecule has 5 heteroatoms. The third-order valence-electron chi connectivity index (χ3n) is 5.03. The maximum absolute atomic E-state index is 12.8. The van der Waals surface area contributed by atoms with E-state index in [0.29, 0.717) is 12.4 Å². The van der Waals surface area contributed by atoms with Gasteiger partial charge in [0.1, 0.15) is 6.10 Å². The van der Waals surface area contributed by atoms with Gasteiger partial charge in [0.25, 0.3) is 0 Å². The number of nitrogens with one attached hydrogen (secondary N) is 1. The maximum atomic E-state index is 12.8. The van der Waals surface area contributed by atoms with E-state index in [1.54, 1.807) is 11.8 Å². The minimum absolute atomic E-state index is 0.00382. The van der Waals surface area contributed by atoms with E-state index in [0.717, 1.165) is 40.4 Å². The molecular formula is C23H28N2O2S. The van der Waals surface area contributed by atoms with Gasteiger partial charge in [0.2, 0.25) is 0 Å². The molecule has 0 aliphatic carbocycles. The number of ketones is 1. The van der Waals surface area contributed by atoms with Gasteiger partial charge in [-0.25, -0.2) is 0 Å². The van der Waals surface area contributed by atoms with E-state index in [1.807, 2.05) is 32.2 Å². The Morgan fingerprint density at radius 2 is 1.96 bits per heavy atom. The summed E-state index contributed by atoms with van der Waals surface area (Å²) in [5.74, 6) is 0.589. The summed E-state index contributed by atoms with van der Waals surface area (Å²) in [4.78, 5) is 18.5. The summed E-state index contributed by atoms with van der Waals surface area (Å²) in [5, 5.41) is 3.29. The quantitative estimate of drug-likeness (QED) is 0.441. The van der Waals surface area contributed by atoms with Gasteiger partial charge in [-0.1, -0.05) is 6.07 Å². The normalized spacial score (nSPS) is 17.2. The molecule has 1 unspecified atom stereocenters. The van der Waals surface area contributed by atoms with Gasteiger partial charge in [0, 0.05) is 29.8 Å². The highest BCUT2D eigenvalue weighted by molar-refractivity contribution is 8.00. The molecule has 0 spiro atoms. The van der Waals surface area contributed by atoms with Crippen molar-refractivity contribution in [3.8, 4) is 0 Å². The Morgan fingerprint density at radius 1 is 1.14 bits per heavy atom. The number of thioether (sulfide) groups is 1. The first-order valence-corrected chi connectivity index (χ1v) is 10.6. The number of aliphatic imine (C=N–C) groups is 1. The zero-order valence-electron chi connectivity index (χ0n) is 17.0.